The number of aryl methyl sites for hydroxylation is 1. The van der Waals surface area contributed by atoms with Crippen LogP contribution in [0.25, 0.3) is 0 Å². The van der Waals surface area contributed by atoms with Gasteiger partial charge in [0.15, 0.2) is 0 Å². The average Bonchev–Trinajstić information content (AvgIpc) is 2.73. The summed E-state index contributed by atoms with van der Waals surface area (Å²) in [5.41, 5.74) is 0. The molecule has 0 aromatic carbocycles. The van der Waals surface area contributed by atoms with Gasteiger partial charge in [-0.2, -0.15) is 0 Å². The van der Waals surface area contributed by atoms with Crippen molar-refractivity contribution in [3.63, 3.8) is 0 Å². The number of hydrogen-bond acceptors (Lipinski definition) is 3. The highest BCUT2D eigenvalue weighted by Gasteiger charge is 2.10. The first-order valence-electron chi connectivity index (χ1n) is 6.73. The highest BCUT2D eigenvalue weighted by Crippen LogP contribution is 2.11. The molecule has 0 saturated heterocycles. The fraction of sp³-hybridized carbons (Fsp3) is 0.846. The standard InChI is InChI=1S/C13H26N4/c1-5-11(3)9-12(6-2)14-8-7-13-16-15-10-17(13)4/h10-12,14H,5-9H2,1-4H3. The molecule has 0 radical (unpaired) electrons. The van der Waals surface area contributed by atoms with Crippen LogP contribution < -0.4 is 5.32 Å². The highest BCUT2D eigenvalue weighted by atomic mass is 15.2. The molecule has 0 spiro atoms. The van der Waals surface area contributed by atoms with Crippen LogP contribution in [0.1, 0.15) is 45.9 Å². The zero-order valence-corrected chi connectivity index (χ0v) is 11.6. The molecule has 4 heteroatoms. The largest absolute Gasteiger partial charge is 0.321 e. The van der Waals surface area contributed by atoms with E-state index in [1.165, 1.54) is 19.3 Å². The Morgan fingerprint density at radius 1 is 1.35 bits per heavy atom. The van der Waals surface area contributed by atoms with Gasteiger partial charge in [0.1, 0.15) is 12.2 Å². The molecule has 0 fully saturated rings. The van der Waals surface area contributed by atoms with E-state index in [4.69, 9.17) is 0 Å². The van der Waals surface area contributed by atoms with E-state index in [1.807, 2.05) is 11.6 Å². The summed E-state index contributed by atoms with van der Waals surface area (Å²) in [4.78, 5) is 0. The SMILES string of the molecule is CCC(C)CC(CC)NCCc1nncn1C. The van der Waals surface area contributed by atoms with Crippen molar-refractivity contribution in [3.05, 3.63) is 12.2 Å². The Balaban J connectivity index is 2.26. The van der Waals surface area contributed by atoms with Crippen LogP contribution in [0.4, 0.5) is 0 Å². The third kappa shape index (κ3) is 4.86. The van der Waals surface area contributed by atoms with E-state index < -0.39 is 0 Å². The second-order valence-electron chi connectivity index (χ2n) is 4.92. The van der Waals surface area contributed by atoms with Crippen LogP contribution >= 0.6 is 0 Å². The summed E-state index contributed by atoms with van der Waals surface area (Å²) in [5.74, 6) is 1.86. The summed E-state index contributed by atoms with van der Waals surface area (Å²) < 4.78 is 1.98. The molecule has 1 heterocycles. The van der Waals surface area contributed by atoms with E-state index in [2.05, 4.69) is 36.3 Å². The zero-order valence-electron chi connectivity index (χ0n) is 11.6. The van der Waals surface area contributed by atoms with Crippen LogP contribution in [-0.2, 0) is 13.5 Å². The topological polar surface area (TPSA) is 42.7 Å². The predicted octanol–water partition coefficient (Wildman–Crippen LogP) is 2.16. The lowest BCUT2D eigenvalue weighted by Gasteiger charge is -2.20. The number of nitrogens with one attached hydrogen (secondary N) is 1. The highest BCUT2D eigenvalue weighted by molar-refractivity contribution is 4.85. The summed E-state index contributed by atoms with van der Waals surface area (Å²) in [6, 6.07) is 0.637. The maximum Gasteiger partial charge on any atom is 0.133 e. The molecule has 4 nitrogen and oxygen atoms in total. The van der Waals surface area contributed by atoms with E-state index in [1.54, 1.807) is 6.33 Å². The van der Waals surface area contributed by atoms with Gasteiger partial charge in [-0.15, -0.1) is 10.2 Å². The van der Waals surface area contributed by atoms with Gasteiger partial charge < -0.3 is 9.88 Å². The van der Waals surface area contributed by atoms with Crippen molar-refractivity contribution in [3.8, 4) is 0 Å². The van der Waals surface area contributed by atoms with Crippen molar-refractivity contribution in [2.45, 2.75) is 52.5 Å². The monoisotopic (exact) mass is 238 g/mol. The zero-order chi connectivity index (χ0) is 12.7. The molecule has 1 aromatic rings. The Bertz CT molecular complexity index is 308. The number of nitrogens with zero attached hydrogens (tertiary/aromatic N) is 3. The second kappa shape index (κ2) is 7.43. The Kier molecular flexibility index (Phi) is 6.19. The van der Waals surface area contributed by atoms with E-state index >= 15 is 0 Å². The smallest absolute Gasteiger partial charge is 0.133 e. The molecule has 1 aromatic heterocycles. The van der Waals surface area contributed by atoms with E-state index in [-0.39, 0.29) is 0 Å². The van der Waals surface area contributed by atoms with Gasteiger partial charge in [0.2, 0.25) is 0 Å². The lowest BCUT2D eigenvalue weighted by Crippen LogP contribution is -2.32. The minimum absolute atomic E-state index is 0.637. The fourth-order valence-corrected chi connectivity index (χ4v) is 1.97. The summed E-state index contributed by atoms with van der Waals surface area (Å²) in [7, 11) is 1.99. The summed E-state index contributed by atoms with van der Waals surface area (Å²) >= 11 is 0. The van der Waals surface area contributed by atoms with Gasteiger partial charge in [-0.25, -0.2) is 0 Å². The molecule has 0 amide bonds. The fourth-order valence-electron chi connectivity index (χ4n) is 1.97. The second-order valence-corrected chi connectivity index (χ2v) is 4.92. The van der Waals surface area contributed by atoms with Gasteiger partial charge in [-0.3, -0.25) is 0 Å². The normalized spacial score (nSPS) is 14.8. The predicted molar refractivity (Wildman–Crippen MR) is 70.9 cm³/mol. The lowest BCUT2D eigenvalue weighted by atomic mass is 9.98. The molecule has 0 aliphatic carbocycles. The van der Waals surface area contributed by atoms with Gasteiger partial charge in [-0.05, 0) is 18.8 Å². The van der Waals surface area contributed by atoms with E-state index in [0.29, 0.717) is 6.04 Å². The molecule has 0 saturated carbocycles. The number of aromatic nitrogens is 3. The van der Waals surface area contributed by atoms with Gasteiger partial charge in [-0.1, -0.05) is 27.2 Å². The molecular weight excluding hydrogens is 212 g/mol. The molecule has 1 rings (SSSR count). The van der Waals surface area contributed by atoms with Crippen molar-refractivity contribution < 1.29 is 0 Å². The van der Waals surface area contributed by atoms with Crippen molar-refractivity contribution in [2.24, 2.45) is 13.0 Å². The Morgan fingerprint density at radius 2 is 2.12 bits per heavy atom. The average molecular weight is 238 g/mol. The minimum atomic E-state index is 0.637. The molecule has 0 bridgehead atoms. The van der Waals surface area contributed by atoms with Crippen molar-refractivity contribution >= 4 is 0 Å². The molecule has 2 atom stereocenters. The maximum atomic E-state index is 4.09. The van der Waals surface area contributed by atoms with Crippen LogP contribution in [0.15, 0.2) is 6.33 Å². The first-order valence-corrected chi connectivity index (χ1v) is 6.73. The Hall–Kier alpha value is -0.900. The van der Waals surface area contributed by atoms with Gasteiger partial charge in [0, 0.05) is 26.1 Å². The van der Waals surface area contributed by atoms with Crippen molar-refractivity contribution in [2.75, 3.05) is 6.54 Å². The lowest BCUT2D eigenvalue weighted by molar-refractivity contribution is 0.385. The number of hydrogen-bond donors (Lipinski definition) is 1. The van der Waals surface area contributed by atoms with Gasteiger partial charge in [0.05, 0.1) is 0 Å². The van der Waals surface area contributed by atoms with Crippen LogP contribution in [-0.4, -0.2) is 27.4 Å². The number of rotatable bonds is 8. The first kappa shape index (κ1) is 14.2. The van der Waals surface area contributed by atoms with Crippen LogP contribution in [0.2, 0.25) is 0 Å². The molecule has 0 aliphatic rings. The van der Waals surface area contributed by atoms with Crippen LogP contribution in [0.5, 0.6) is 0 Å². The molecular formula is C13H26N4. The van der Waals surface area contributed by atoms with Crippen LogP contribution in [0, 0.1) is 5.92 Å². The van der Waals surface area contributed by atoms with Crippen LogP contribution in [0.3, 0.4) is 0 Å². The Morgan fingerprint density at radius 3 is 2.65 bits per heavy atom. The third-order valence-electron chi connectivity index (χ3n) is 3.46. The summed E-state index contributed by atoms with van der Waals surface area (Å²) in [5, 5.41) is 11.6. The molecule has 98 valence electrons. The quantitative estimate of drug-likeness (QED) is 0.754. The van der Waals surface area contributed by atoms with Crippen molar-refractivity contribution in [1.82, 2.24) is 20.1 Å². The summed E-state index contributed by atoms with van der Waals surface area (Å²) in [6.45, 7) is 7.83. The summed E-state index contributed by atoms with van der Waals surface area (Å²) in [6.07, 6.45) is 6.44. The first-order chi connectivity index (χ1) is 8.17. The van der Waals surface area contributed by atoms with Gasteiger partial charge in [0.25, 0.3) is 0 Å². The molecule has 2 unspecified atom stereocenters. The third-order valence-corrected chi connectivity index (χ3v) is 3.46. The minimum Gasteiger partial charge on any atom is -0.321 e. The van der Waals surface area contributed by atoms with E-state index in [9.17, 15) is 0 Å². The molecule has 17 heavy (non-hydrogen) atoms. The van der Waals surface area contributed by atoms with Crippen molar-refractivity contribution in [1.29, 1.82) is 0 Å². The Labute approximate surface area is 105 Å². The molecule has 0 aliphatic heterocycles. The van der Waals surface area contributed by atoms with Gasteiger partial charge >= 0.3 is 0 Å². The van der Waals surface area contributed by atoms with E-state index in [0.717, 1.165) is 24.7 Å². The maximum absolute atomic E-state index is 4.09. The molecule has 1 N–H and O–H groups in total.